The van der Waals surface area contributed by atoms with Crippen LogP contribution >= 0.6 is 0 Å². The number of hydrogen-bond acceptors (Lipinski definition) is 5. The van der Waals surface area contributed by atoms with Gasteiger partial charge in [-0.05, 0) is 29.7 Å². The number of nitrogens with zero attached hydrogens (tertiary/aromatic N) is 3. The van der Waals surface area contributed by atoms with Crippen molar-refractivity contribution < 1.29 is 14.2 Å². The van der Waals surface area contributed by atoms with E-state index in [1.54, 1.807) is 18.7 Å². The van der Waals surface area contributed by atoms with Gasteiger partial charge in [0.15, 0.2) is 11.5 Å². The molecule has 0 aliphatic carbocycles. The second kappa shape index (κ2) is 9.11. The van der Waals surface area contributed by atoms with E-state index in [9.17, 15) is 9.59 Å². The van der Waals surface area contributed by atoms with Crippen LogP contribution in [-0.4, -0.2) is 34.0 Å². The monoisotopic (exact) mass is 475 g/mol. The van der Waals surface area contributed by atoms with Crippen molar-refractivity contribution in [3.8, 4) is 22.8 Å². The standard InChI is InChI=1S/C27H29N3O5/c1-5-14-34-19-12-11-18(16-20(19)33-4)25-24-23-21(26(31)29(3)27(32)28(23)2)22(30(24)13-15-35-25)17-9-7-6-8-10-17/h6-12,16,25H,5,13-15H2,1-4H3/t25-/m1/s1. The predicted octanol–water partition coefficient (Wildman–Crippen LogP) is 3.62. The molecule has 0 unspecified atom stereocenters. The van der Waals surface area contributed by atoms with E-state index >= 15 is 0 Å². The Balaban J connectivity index is 1.81. The Kier molecular flexibility index (Phi) is 5.98. The van der Waals surface area contributed by atoms with E-state index in [0.717, 1.165) is 28.9 Å². The van der Waals surface area contributed by atoms with Crippen LogP contribution in [-0.2, 0) is 25.4 Å². The molecular weight excluding hydrogens is 446 g/mol. The summed E-state index contributed by atoms with van der Waals surface area (Å²) >= 11 is 0. The highest BCUT2D eigenvalue weighted by Gasteiger charge is 2.33. The van der Waals surface area contributed by atoms with E-state index in [-0.39, 0.29) is 11.2 Å². The Morgan fingerprint density at radius 2 is 1.80 bits per heavy atom. The molecule has 0 bridgehead atoms. The molecule has 1 aliphatic heterocycles. The SMILES string of the molecule is CCCOc1ccc([C@H]2OCCn3c(-c4ccccc4)c4c(=O)n(C)c(=O)n(C)c4c32)cc1OC. The zero-order valence-corrected chi connectivity index (χ0v) is 20.4. The minimum atomic E-state index is -0.490. The third kappa shape index (κ3) is 3.65. The van der Waals surface area contributed by atoms with Crippen LogP contribution in [0.4, 0.5) is 0 Å². The molecule has 0 amide bonds. The van der Waals surface area contributed by atoms with Gasteiger partial charge in [0.1, 0.15) is 6.10 Å². The maximum Gasteiger partial charge on any atom is 0.331 e. The fourth-order valence-corrected chi connectivity index (χ4v) is 4.91. The number of ether oxygens (including phenoxy) is 3. The Morgan fingerprint density at radius 3 is 2.51 bits per heavy atom. The van der Waals surface area contributed by atoms with Crippen molar-refractivity contribution in [2.24, 2.45) is 14.1 Å². The summed E-state index contributed by atoms with van der Waals surface area (Å²) < 4.78 is 22.6. The van der Waals surface area contributed by atoms with Crippen LogP contribution in [0.5, 0.6) is 11.5 Å². The van der Waals surface area contributed by atoms with Crippen molar-refractivity contribution >= 4 is 10.9 Å². The van der Waals surface area contributed by atoms with Gasteiger partial charge >= 0.3 is 5.69 Å². The van der Waals surface area contributed by atoms with Crippen LogP contribution < -0.4 is 20.7 Å². The summed E-state index contributed by atoms with van der Waals surface area (Å²) in [6.07, 6.45) is 0.400. The van der Waals surface area contributed by atoms with Crippen molar-refractivity contribution in [1.82, 2.24) is 13.7 Å². The number of fused-ring (bicyclic) bond motifs is 3. The lowest BCUT2D eigenvalue weighted by Gasteiger charge is -2.28. The van der Waals surface area contributed by atoms with Crippen LogP contribution in [0.1, 0.15) is 30.7 Å². The zero-order chi connectivity index (χ0) is 24.7. The summed E-state index contributed by atoms with van der Waals surface area (Å²) in [5, 5.41) is 0.515. The fraction of sp³-hybridized carbons (Fsp3) is 0.333. The minimum Gasteiger partial charge on any atom is -0.493 e. The Hall–Kier alpha value is -3.78. The fourth-order valence-electron chi connectivity index (χ4n) is 4.91. The van der Waals surface area contributed by atoms with Crippen LogP contribution in [0.25, 0.3) is 22.2 Å². The highest BCUT2D eigenvalue weighted by molar-refractivity contribution is 5.96. The van der Waals surface area contributed by atoms with Gasteiger partial charge in [-0.1, -0.05) is 43.3 Å². The Labute approximate surface area is 202 Å². The molecule has 2 aromatic heterocycles. The number of hydrogen-bond donors (Lipinski definition) is 0. The lowest BCUT2D eigenvalue weighted by atomic mass is 10.0. The van der Waals surface area contributed by atoms with Crippen molar-refractivity contribution in [2.45, 2.75) is 26.0 Å². The molecule has 2 aromatic carbocycles. The summed E-state index contributed by atoms with van der Waals surface area (Å²) in [5.74, 6) is 1.28. The molecule has 35 heavy (non-hydrogen) atoms. The van der Waals surface area contributed by atoms with E-state index in [0.29, 0.717) is 42.2 Å². The van der Waals surface area contributed by atoms with Gasteiger partial charge in [-0.2, -0.15) is 0 Å². The van der Waals surface area contributed by atoms with Crippen molar-refractivity contribution in [2.75, 3.05) is 20.3 Å². The van der Waals surface area contributed by atoms with Gasteiger partial charge in [-0.25, -0.2) is 4.79 Å². The average Bonchev–Trinajstić information content (AvgIpc) is 3.25. The van der Waals surface area contributed by atoms with Gasteiger partial charge in [-0.15, -0.1) is 0 Å². The van der Waals surface area contributed by atoms with Crippen molar-refractivity contribution in [1.29, 1.82) is 0 Å². The average molecular weight is 476 g/mol. The molecule has 8 nitrogen and oxygen atoms in total. The smallest absolute Gasteiger partial charge is 0.331 e. The van der Waals surface area contributed by atoms with E-state index < -0.39 is 6.10 Å². The van der Waals surface area contributed by atoms with Crippen LogP contribution in [0, 0.1) is 0 Å². The summed E-state index contributed by atoms with van der Waals surface area (Å²) in [6, 6.07) is 15.6. The molecule has 0 fully saturated rings. The van der Waals surface area contributed by atoms with Gasteiger partial charge in [0.2, 0.25) is 0 Å². The maximum absolute atomic E-state index is 13.5. The number of aromatic nitrogens is 3. The molecular formula is C27H29N3O5. The van der Waals surface area contributed by atoms with Gasteiger partial charge in [-0.3, -0.25) is 13.9 Å². The van der Waals surface area contributed by atoms with Gasteiger partial charge in [0.05, 0.1) is 42.6 Å². The molecule has 4 aromatic rings. The van der Waals surface area contributed by atoms with Gasteiger partial charge < -0.3 is 18.8 Å². The second-order valence-corrected chi connectivity index (χ2v) is 8.69. The van der Waals surface area contributed by atoms with Crippen molar-refractivity contribution in [3.05, 3.63) is 80.6 Å². The zero-order valence-electron chi connectivity index (χ0n) is 20.4. The number of methoxy groups -OCH3 is 1. The topological polar surface area (TPSA) is 76.6 Å². The van der Waals surface area contributed by atoms with Crippen LogP contribution in [0.15, 0.2) is 58.1 Å². The third-order valence-electron chi connectivity index (χ3n) is 6.55. The Bertz CT molecular complexity index is 1510. The number of aryl methyl sites for hydroxylation is 1. The molecule has 0 spiro atoms. The summed E-state index contributed by atoms with van der Waals surface area (Å²) in [4.78, 5) is 26.4. The molecule has 182 valence electrons. The second-order valence-electron chi connectivity index (χ2n) is 8.69. The van der Waals surface area contributed by atoms with Gasteiger partial charge in [0.25, 0.3) is 5.56 Å². The summed E-state index contributed by atoms with van der Waals surface area (Å²) in [6.45, 7) is 3.67. The number of rotatable bonds is 6. The number of benzene rings is 2. The molecule has 3 heterocycles. The molecule has 0 N–H and O–H groups in total. The highest BCUT2D eigenvalue weighted by atomic mass is 16.5. The van der Waals surface area contributed by atoms with E-state index in [1.807, 2.05) is 48.5 Å². The predicted molar refractivity (Wildman–Crippen MR) is 134 cm³/mol. The first-order valence-electron chi connectivity index (χ1n) is 11.8. The Morgan fingerprint density at radius 1 is 1.03 bits per heavy atom. The molecule has 0 radical (unpaired) electrons. The van der Waals surface area contributed by atoms with E-state index in [4.69, 9.17) is 14.2 Å². The third-order valence-corrected chi connectivity index (χ3v) is 6.55. The molecule has 1 aliphatic rings. The van der Waals surface area contributed by atoms with Crippen LogP contribution in [0.3, 0.4) is 0 Å². The van der Waals surface area contributed by atoms with E-state index in [2.05, 4.69) is 11.5 Å². The van der Waals surface area contributed by atoms with Crippen molar-refractivity contribution in [3.63, 3.8) is 0 Å². The first-order valence-corrected chi connectivity index (χ1v) is 11.8. The van der Waals surface area contributed by atoms with Crippen LogP contribution in [0.2, 0.25) is 0 Å². The molecule has 0 saturated carbocycles. The largest absolute Gasteiger partial charge is 0.493 e. The normalized spacial score (nSPS) is 15.3. The summed E-state index contributed by atoms with van der Waals surface area (Å²) in [7, 11) is 4.83. The quantitative estimate of drug-likeness (QED) is 0.426. The summed E-state index contributed by atoms with van der Waals surface area (Å²) in [5.41, 5.74) is 3.26. The lowest BCUT2D eigenvalue weighted by molar-refractivity contribution is 0.0477. The molecule has 8 heteroatoms. The first kappa shape index (κ1) is 23.0. The van der Waals surface area contributed by atoms with E-state index in [1.165, 1.54) is 11.6 Å². The highest BCUT2D eigenvalue weighted by Crippen LogP contribution is 2.42. The maximum atomic E-state index is 13.5. The molecule has 1 atom stereocenters. The van der Waals surface area contributed by atoms with Gasteiger partial charge in [0, 0.05) is 20.6 Å². The lowest BCUT2D eigenvalue weighted by Crippen LogP contribution is -2.37. The first-order chi connectivity index (χ1) is 17.0. The molecule has 0 saturated heterocycles. The minimum absolute atomic E-state index is 0.316. The molecule has 5 rings (SSSR count).